The number of alkyl halides is 3. The Morgan fingerprint density at radius 1 is 1.10 bits per heavy atom. The van der Waals surface area contributed by atoms with Crippen molar-refractivity contribution in [2.24, 2.45) is 0 Å². The van der Waals surface area contributed by atoms with Gasteiger partial charge in [0, 0.05) is 30.9 Å². The van der Waals surface area contributed by atoms with E-state index in [9.17, 15) is 18.0 Å². The maximum atomic E-state index is 12.9. The van der Waals surface area contributed by atoms with Gasteiger partial charge in [-0.3, -0.25) is 4.79 Å². The van der Waals surface area contributed by atoms with E-state index in [0.717, 1.165) is 25.0 Å². The molecule has 0 saturated carbocycles. The highest BCUT2D eigenvalue weighted by atomic mass is 19.4. The number of benzene rings is 1. The summed E-state index contributed by atoms with van der Waals surface area (Å²) in [5, 5.41) is 11.1. The first-order chi connectivity index (χ1) is 14.4. The maximum Gasteiger partial charge on any atom is 0.416 e. The number of hydrogen-bond donors (Lipinski definition) is 1. The molecule has 1 amide bonds. The highest BCUT2D eigenvalue weighted by Gasteiger charge is 2.31. The third-order valence-corrected chi connectivity index (χ3v) is 5.00. The van der Waals surface area contributed by atoms with Gasteiger partial charge in [0.1, 0.15) is 11.6 Å². The van der Waals surface area contributed by atoms with Gasteiger partial charge in [0.2, 0.25) is 0 Å². The zero-order chi connectivity index (χ0) is 21.1. The van der Waals surface area contributed by atoms with Gasteiger partial charge in [-0.2, -0.15) is 18.3 Å². The van der Waals surface area contributed by atoms with E-state index in [1.807, 2.05) is 6.07 Å². The molecule has 1 fully saturated rings. The molecular weight excluding hydrogens is 397 g/mol. The van der Waals surface area contributed by atoms with Gasteiger partial charge in [0.15, 0.2) is 5.76 Å². The van der Waals surface area contributed by atoms with Gasteiger partial charge in [0.25, 0.3) is 5.91 Å². The van der Waals surface area contributed by atoms with Crippen molar-refractivity contribution in [3.8, 4) is 11.3 Å². The lowest BCUT2D eigenvalue weighted by Gasteiger charge is -2.32. The van der Waals surface area contributed by atoms with Crippen molar-refractivity contribution in [1.29, 1.82) is 0 Å². The molecule has 1 saturated heterocycles. The molecule has 2 aromatic heterocycles. The first kappa shape index (κ1) is 19.9. The van der Waals surface area contributed by atoms with Crippen molar-refractivity contribution in [3.05, 3.63) is 66.1 Å². The Balaban J connectivity index is 1.39. The van der Waals surface area contributed by atoms with Gasteiger partial charge in [-0.1, -0.05) is 12.1 Å². The van der Waals surface area contributed by atoms with Gasteiger partial charge in [0.05, 0.1) is 5.56 Å². The smallest absolute Gasteiger partial charge is 0.416 e. The number of nitrogens with zero attached hydrogens (tertiary/aromatic N) is 3. The molecule has 0 radical (unpaired) electrons. The lowest BCUT2D eigenvalue weighted by atomic mass is 10.0. The van der Waals surface area contributed by atoms with Crippen molar-refractivity contribution in [2.45, 2.75) is 25.1 Å². The van der Waals surface area contributed by atoms with Crippen LogP contribution in [0.1, 0.15) is 29.0 Å². The topological polar surface area (TPSA) is 71.3 Å². The van der Waals surface area contributed by atoms with E-state index in [0.29, 0.717) is 18.9 Å². The summed E-state index contributed by atoms with van der Waals surface area (Å²) < 4.78 is 44.4. The summed E-state index contributed by atoms with van der Waals surface area (Å²) in [5.74, 6) is 0.761. The Morgan fingerprint density at radius 2 is 1.90 bits per heavy atom. The van der Waals surface area contributed by atoms with Crippen LogP contribution in [0.4, 0.5) is 19.0 Å². The number of hydrogen-bond acceptors (Lipinski definition) is 5. The number of likely N-dealkylation sites (tertiary alicyclic amines) is 1. The second-order valence-electron chi connectivity index (χ2n) is 7.06. The molecule has 1 aliphatic rings. The van der Waals surface area contributed by atoms with Crippen molar-refractivity contribution in [3.63, 3.8) is 0 Å². The van der Waals surface area contributed by atoms with Crippen molar-refractivity contribution in [1.82, 2.24) is 15.1 Å². The maximum absolute atomic E-state index is 12.9. The number of anilines is 1. The number of nitrogens with one attached hydrogen (secondary N) is 1. The lowest BCUT2D eigenvalue weighted by Crippen LogP contribution is -2.42. The monoisotopic (exact) mass is 416 g/mol. The average Bonchev–Trinajstić information content (AvgIpc) is 3.24. The molecule has 156 valence electrons. The third kappa shape index (κ3) is 4.45. The second-order valence-corrected chi connectivity index (χ2v) is 7.06. The summed E-state index contributed by atoms with van der Waals surface area (Å²) >= 11 is 0. The zero-order valence-electron chi connectivity index (χ0n) is 15.9. The van der Waals surface area contributed by atoms with E-state index in [-0.39, 0.29) is 29.0 Å². The van der Waals surface area contributed by atoms with Crippen molar-refractivity contribution < 1.29 is 22.4 Å². The Labute approximate surface area is 170 Å². The number of aromatic nitrogens is 2. The minimum Gasteiger partial charge on any atom is -0.451 e. The molecule has 6 nitrogen and oxygen atoms in total. The minimum atomic E-state index is -4.44. The molecule has 0 unspecified atom stereocenters. The summed E-state index contributed by atoms with van der Waals surface area (Å²) in [6, 6.07) is 11.7. The Morgan fingerprint density at radius 3 is 2.60 bits per heavy atom. The molecule has 0 atom stereocenters. The lowest BCUT2D eigenvalue weighted by molar-refractivity contribution is -0.137. The molecule has 3 heterocycles. The fourth-order valence-electron chi connectivity index (χ4n) is 3.43. The van der Waals surface area contributed by atoms with Crippen LogP contribution in [0.3, 0.4) is 0 Å². The summed E-state index contributed by atoms with van der Waals surface area (Å²) in [5.41, 5.74) is -0.488. The molecule has 0 aliphatic carbocycles. The average molecular weight is 416 g/mol. The number of furan rings is 1. The molecule has 4 rings (SSSR count). The number of carbonyl (C=O) groups excluding carboxylic acids is 1. The van der Waals surface area contributed by atoms with Crippen LogP contribution in [0.2, 0.25) is 0 Å². The second kappa shape index (κ2) is 8.17. The normalized spacial score (nSPS) is 15.2. The molecule has 9 heteroatoms. The zero-order valence-corrected chi connectivity index (χ0v) is 15.9. The summed E-state index contributed by atoms with van der Waals surface area (Å²) in [6.45, 7) is 1.08. The van der Waals surface area contributed by atoms with Gasteiger partial charge >= 0.3 is 6.18 Å². The van der Waals surface area contributed by atoms with E-state index in [1.54, 1.807) is 17.2 Å². The molecule has 1 aromatic carbocycles. The van der Waals surface area contributed by atoms with Crippen molar-refractivity contribution >= 4 is 11.7 Å². The Kier molecular flexibility index (Phi) is 5.43. The molecule has 0 spiro atoms. The van der Waals surface area contributed by atoms with Crippen LogP contribution >= 0.6 is 0 Å². The molecule has 3 aromatic rings. The number of halogens is 3. The highest BCUT2D eigenvalue weighted by Crippen LogP contribution is 2.33. The highest BCUT2D eigenvalue weighted by molar-refractivity contribution is 5.92. The van der Waals surface area contributed by atoms with E-state index in [1.165, 1.54) is 24.3 Å². The standard InChI is InChI=1S/C21H19F3N4O2/c22-21(23,24)15-4-1-3-14(13-15)17-6-7-18(30-17)20(29)28-11-8-16(9-12-28)26-19-5-2-10-25-27-19/h1-7,10,13,16H,8-9,11-12H2,(H,26,27). The van der Waals surface area contributed by atoms with Crippen LogP contribution in [-0.2, 0) is 6.18 Å². The van der Waals surface area contributed by atoms with Gasteiger partial charge in [-0.15, -0.1) is 5.10 Å². The predicted molar refractivity (Wildman–Crippen MR) is 104 cm³/mol. The Bertz CT molecular complexity index is 1010. The predicted octanol–water partition coefficient (Wildman–Crippen LogP) is 4.47. The van der Waals surface area contributed by atoms with Crippen LogP contribution in [0.5, 0.6) is 0 Å². The van der Waals surface area contributed by atoms with E-state index in [4.69, 9.17) is 4.42 Å². The number of amides is 1. The largest absolute Gasteiger partial charge is 0.451 e. The van der Waals surface area contributed by atoms with Crippen LogP contribution in [0.15, 0.2) is 59.1 Å². The molecule has 30 heavy (non-hydrogen) atoms. The number of carbonyl (C=O) groups is 1. The van der Waals surface area contributed by atoms with E-state index >= 15 is 0 Å². The minimum absolute atomic E-state index is 0.114. The number of piperidine rings is 1. The first-order valence-corrected chi connectivity index (χ1v) is 9.51. The summed E-state index contributed by atoms with van der Waals surface area (Å²) in [7, 11) is 0. The van der Waals surface area contributed by atoms with Gasteiger partial charge in [-0.05, 0) is 49.2 Å². The third-order valence-electron chi connectivity index (χ3n) is 5.00. The molecule has 1 N–H and O–H groups in total. The van der Waals surface area contributed by atoms with Crippen LogP contribution in [0.25, 0.3) is 11.3 Å². The summed E-state index contributed by atoms with van der Waals surface area (Å²) in [6.07, 6.45) is -1.36. The Hall–Kier alpha value is -3.36. The van der Waals surface area contributed by atoms with Crippen LogP contribution in [-0.4, -0.2) is 40.1 Å². The van der Waals surface area contributed by atoms with E-state index < -0.39 is 11.7 Å². The van der Waals surface area contributed by atoms with Gasteiger partial charge < -0.3 is 14.6 Å². The summed E-state index contributed by atoms with van der Waals surface area (Å²) in [4.78, 5) is 14.4. The quantitative estimate of drug-likeness (QED) is 0.679. The molecular formula is C21H19F3N4O2. The molecule has 1 aliphatic heterocycles. The van der Waals surface area contributed by atoms with Gasteiger partial charge in [-0.25, -0.2) is 0 Å². The fraction of sp³-hybridized carbons (Fsp3) is 0.286. The van der Waals surface area contributed by atoms with Crippen LogP contribution in [0, 0.1) is 0 Å². The SMILES string of the molecule is O=C(c1ccc(-c2cccc(C(F)(F)F)c2)o1)N1CCC(Nc2cccnn2)CC1. The van der Waals surface area contributed by atoms with E-state index in [2.05, 4.69) is 15.5 Å². The fourth-order valence-corrected chi connectivity index (χ4v) is 3.43. The van der Waals surface area contributed by atoms with Crippen molar-refractivity contribution in [2.75, 3.05) is 18.4 Å². The number of rotatable bonds is 4. The first-order valence-electron chi connectivity index (χ1n) is 9.51. The van der Waals surface area contributed by atoms with Crippen LogP contribution < -0.4 is 5.32 Å². The molecule has 0 bridgehead atoms.